The molecular formula is C14H10N2O2. The predicted molar refractivity (Wildman–Crippen MR) is 68.9 cm³/mol. The Balaban J connectivity index is 2.05. The highest BCUT2D eigenvalue weighted by atomic mass is 16.3. The summed E-state index contributed by atoms with van der Waals surface area (Å²) in [6.07, 6.45) is 7.24. The van der Waals surface area contributed by atoms with Crippen LogP contribution in [-0.4, -0.2) is 22.6 Å². The number of phenols is 1. The zero-order valence-electron chi connectivity index (χ0n) is 9.45. The second kappa shape index (κ2) is 4.07. The third-order valence-corrected chi connectivity index (χ3v) is 2.82. The fraction of sp³-hybridized carbons (Fsp3) is 0.0714. The minimum Gasteiger partial charge on any atom is -0.508 e. The summed E-state index contributed by atoms with van der Waals surface area (Å²) in [7, 11) is 0. The summed E-state index contributed by atoms with van der Waals surface area (Å²) in [5.74, 6) is -0.110. The molecule has 1 aliphatic carbocycles. The van der Waals surface area contributed by atoms with Crippen LogP contribution in [0.4, 0.5) is 0 Å². The van der Waals surface area contributed by atoms with Gasteiger partial charge in [-0.05, 0) is 18.2 Å². The van der Waals surface area contributed by atoms with E-state index in [1.54, 1.807) is 36.4 Å². The van der Waals surface area contributed by atoms with Crippen molar-refractivity contribution in [2.75, 3.05) is 0 Å². The number of benzene rings is 1. The molecule has 2 aliphatic rings. The quantitative estimate of drug-likeness (QED) is 0.811. The number of amides is 1. The van der Waals surface area contributed by atoms with E-state index in [2.05, 4.69) is 9.98 Å². The lowest BCUT2D eigenvalue weighted by molar-refractivity contribution is -0.118. The lowest BCUT2D eigenvalue weighted by Gasteiger charge is -2.17. The highest BCUT2D eigenvalue weighted by molar-refractivity contribution is 6.24. The molecule has 0 fully saturated rings. The van der Waals surface area contributed by atoms with Crippen LogP contribution < -0.4 is 0 Å². The first-order valence-corrected chi connectivity index (χ1v) is 5.59. The molecule has 1 N–H and O–H groups in total. The molecule has 1 unspecified atom stereocenters. The van der Waals surface area contributed by atoms with Crippen LogP contribution in [0.25, 0.3) is 0 Å². The molecule has 1 aromatic carbocycles. The fourth-order valence-electron chi connectivity index (χ4n) is 1.94. The van der Waals surface area contributed by atoms with E-state index in [0.717, 1.165) is 0 Å². The van der Waals surface area contributed by atoms with Crippen LogP contribution in [0.3, 0.4) is 0 Å². The Labute approximate surface area is 104 Å². The molecule has 4 nitrogen and oxygen atoms in total. The maximum absolute atomic E-state index is 11.9. The van der Waals surface area contributed by atoms with Gasteiger partial charge < -0.3 is 5.11 Å². The van der Waals surface area contributed by atoms with Crippen molar-refractivity contribution in [1.82, 2.24) is 0 Å². The Morgan fingerprint density at radius 1 is 1.17 bits per heavy atom. The zero-order chi connectivity index (χ0) is 12.5. The lowest BCUT2D eigenvalue weighted by Crippen LogP contribution is -2.27. The van der Waals surface area contributed by atoms with Crippen molar-refractivity contribution in [2.24, 2.45) is 15.9 Å². The third kappa shape index (κ3) is 1.78. The smallest absolute Gasteiger partial charge is 0.260 e. The summed E-state index contributed by atoms with van der Waals surface area (Å²) >= 11 is 0. The van der Waals surface area contributed by atoms with E-state index in [0.29, 0.717) is 17.1 Å². The third-order valence-electron chi connectivity index (χ3n) is 2.82. The van der Waals surface area contributed by atoms with Crippen molar-refractivity contribution in [3.05, 3.63) is 54.1 Å². The number of allylic oxidation sites excluding steroid dienone is 3. The van der Waals surface area contributed by atoms with Crippen LogP contribution in [0.1, 0.15) is 5.56 Å². The number of nitrogens with zero attached hydrogens (tertiary/aromatic N) is 2. The van der Waals surface area contributed by atoms with Crippen LogP contribution in [0.2, 0.25) is 0 Å². The molecule has 18 heavy (non-hydrogen) atoms. The summed E-state index contributed by atoms with van der Waals surface area (Å²) in [5, 5.41) is 9.43. The number of hydrogen-bond donors (Lipinski definition) is 1. The van der Waals surface area contributed by atoms with Gasteiger partial charge in [0, 0.05) is 5.56 Å². The van der Waals surface area contributed by atoms with E-state index >= 15 is 0 Å². The highest BCUT2D eigenvalue weighted by Gasteiger charge is 2.26. The van der Waals surface area contributed by atoms with Gasteiger partial charge in [-0.3, -0.25) is 4.79 Å². The number of rotatable bonds is 1. The Kier molecular flexibility index (Phi) is 2.41. The number of fused-ring (bicyclic) bond motifs is 1. The Morgan fingerprint density at radius 2 is 2.06 bits per heavy atom. The van der Waals surface area contributed by atoms with Crippen LogP contribution in [0.5, 0.6) is 5.75 Å². The van der Waals surface area contributed by atoms with Gasteiger partial charge in [-0.1, -0.05) is 30.4 Å². The molecule has 1 amide bonds. The van der Waals surface area contributed by atoms with Crippen molar-refractivity contribution >= 4 is 17.5 Å². The summed E-state index contributed by atoms with van der Waals surface area (Å²) in [6, 6.07) is 6.56. The number of hydrogen-bond acceptors (Lipinski definition) is 3. The van der Waals surface area contributed by atoms with Gasteiger partial charge in [-0.2, -0.15) is 4.99 Å². The number of carbonyl (C=O) groups excluding carboxylic acids is 1. The molecule has 3 rings (SSSR count). The Morgan fingerprint density at radius 3 is 2.89 bits per heavy atom. The zero-order valence-corrected chi connectivity index (χ0v) is 9.45. The number of aromatic hydroxyl groups is 1. The number of amidine groups is 1. The molecule has 0 saturated heterocycles. The summed E-state index contributed by atoms with van der Waals surface area (Å²) in [5.41, 5.74) is 1.33. The molecule has 0 spiro atoms. The van der Waals surface area contributed by atoms with Gasteiger partial charge in [0.05, 0.1) is 5.71 Å². The predicted octanol–water partition coefficient (Wildman–Crippen LogP) is 1.86. The molecule has 4 heteroatoms. The molecule has 0 bridgehead atoms. The van der Waals surface area contributed by atoms with Gasteiger partial charge in [-0.15, -0.1) is 0 Å². The maximum atomic E-state index is 11.9. The monoisotopic (exact) mass is 238 g/mol. The van der Waals surface area contributed by atoms with Crippen LogP contribution >= 0.6 is 0 Å². The summed E-state index contributed by atoms with van der Waals surface area (Å²) in [6.45, 7) is 0. The summed E-state index contributed by atoms with van der Waals surface area (Å²) < 4.78 is 0. The normalized spacial score (nSPS) is 21.3. The maximum Gasteiger partial charge on any atom is 0.260 e. The average Bonchev–Trinajstić information content (AvgIpc) is 2.39. The molecule has 1 heterocycles. The molecule has 0 saturated carbocycles. The first kappa shape index (κ1) is 10.7. The van der Waals surface area contributed by atoms with Crippen molar-refractivity contribution in [2.45, 2.75) is 0 Å². The van der Waals surface area contributed by atoms with E-state index in [9.17, 15) is 9.90 Å². The molecular weight excluding hydrogens is 228 g/mol. The van der Waals surface area contributed by atoms with Crippen molar-refractivity contribution in [1.29, 1.82) is 0 Å². The van der Waals surface area contributed by atoms with Crippen molar-refractivity contribution < 1.29 is 9.90 Å². The van der Waals surface area contributed by atoms with Crippen LogP contribution in [0.15, 0.2) is 58.6 Å². The second-order valence-corrected chi connectivity index (χ2v) is 4.08. The largest absolute Gasteiger partial charge is 0.508 e. The minimum absolute atomic E-state index is 0.129. The van der Waals surface area contributed by atoms with Crippen LogP contribution in [-0.2, 0) is 4.79 Å². The van der Waals surface area contributed by atoms with Crippen molar-refractivity contribution in [3.8, 4) is 5.75 Å². The van der Waals surface area contributed by atoms with E-state index in [4.69, 9.17) is 0 Å². The lowest BCUT2D eigenvalue weighted by atomic mass is 9.96. The van der Waals surface area contributed by atoms with E-state index in [1.807, 2.05) is 12.2 Å². The SMILES string of the molecule is O=C1N=C(c2cccc(O)c2)N=C2C=CC=CC12. The van der Waals surface area contributed by atoms with Gasteiger partial charge in [0.25, 0.3) is 5.91 Å². The molecule has 0 aromatic heterocycles. The van der Waals surface area contributed by atoms with Gasteiger partial charge in [0.15, 0.2) is 5.84 Å². The summed E-state index contributed by atoms with van der Waals surface area (Å²) in [4.78, 5) is 20.2. The standard InChI is InChI=1S/C14H10N2O2/c17-10-5-3-4-9(8-10)13-15-12-7-2-1-6-11(12)14(18)16-13/h1-8,11,17H. The van der Waals surface area contributed by atoms with Crippen LogP contribution in [0, 0.1) is 5.92 Å². The van der Waals surface area contributed by atoms with Gasteiger partial charge >= 0.3 is 0 Å². The van der Waals surface area contributed by atoms with E-state index in [1.165, 1.54) is 0 Å². The van der Waals surface area contributed by atoms with Gasteiger partial charge in [0.1, 0.15) is 11.7 Å². The number of carbonyl (C=O) groups is 1. The van der Waals surface area contributed by atoms with Gasteiger partial charge in [0.2, 0.25) is 0 Å². The van der Waals surface area contributed by atoms with Gasteiger partial charge in [-0.25, -0.2) is 4.99 Å². The molecule has 1 atom stereocenters. The Bertz CT molecular complexity index is 639. The first-order valence-electron chi connectivity index (χ1n) is 5.59. The molecule has 0 radical (unpaired) electrons. The molecule has 1 aliphatic heterocycles. The van der Waals surface area contributed by atoms with Crippen molar-refractivity contribution in [3.63, 3.8) is 0 Å². The second-order valence-electron chi connectivity index (χ2n) is 4.08. The fourth-order valence-corrected chi connectivity index (χ4v) is 1.94. The molecule has 1 aromatic rings. The number of aliphatic imine (C=N–C) groups is 2. The minimum atomic E-state index is -0.365. The average molecular weight is 238 g/mol. The molecule has 88 valence electrons. The first-order chi connectivity index (χ1) is 8.74. The van der Waals surface area contributed by atoms with E-state index in [-0.39, 0.29) is 17.6 Å². The number of phenolic OH excluding ortho intramolecular Hbond substituents is 1. The van der Waals surface area contributed by atoms with E-state index < -0.39 is 0 Å². The highest BCUT2D eigenvalue weighted by Crippen LogP contribution is 2.20. The Hall–Kier alpha value is -2.49. The topological polar surface area (TPSA) is 62.0 Å².